The first-order valence-electron chi connectivity index (χ1n) is 6.89. The molecule has 0 radical (unpaired) electrons. The molecule has 0 spiro atoms. The predicted octanol–water partition coefficient (Wildman–Crippen LogP) is 2.64. The third-order valence-electron chi connectivity index (χ3n) is 2.95. The van der Waals surface area contributed by atoms with E-state index in [-0.39, 0.29) is 5.91 Å². The van der Waals surface area contributed by atoms with E-state index in [9.17, 15) is 4.79 Å². The summed E-state index contributed by atoms with van der Waals surface area (Å²) in [5.41, 5.74) is 1.74. The fourth-order valence-corrected chi connectivity index (χ4v) is 2.07. The molecule has 0 aliphatic heterocycles. The topological polar surface area (TPSA) is 54.0 Å². The Morgan fingerprint density at radius 3 is 2.86 bits per heavy atom. The first-order chi connectivity index (χ1) is 10.3. The highest BCUT2D eigenvalue weighted by atomic mass is 35.5. The summed E-state index contributed by atoms with van der Waals surface area (Å²) in [7, 11) is 0. The SMILES string of the molecule is O=C(NCCCNCc1cccnc1)c1cccc(Cl)c1. The van der Waals surface area contributed by atoms with Crippen LogP contribution in [0.15, 0.2) is 48.8 Å². The van der Waals surface area contributed by atoms with E-state index < -0.39 is 0 Å². The molecule has 0 unspecified atom stereocenters. The molecule has 0 bridgehead atoms. The van der Waals surface area contributed by atoms with Crippen LogP contribution in [0.5, 0.6) is 0 Å². The van der Waals surface area contributed by atoms with Crippen LogP contribution in [0.25, 0.3) is 0 Å². The molecule has 0 fully saturated rings. The fraction of sp³-hybridized carbons (Fsp3) is 0.250. The van der Waals surface area contributed by atoms with Gasteiger partial charge in [0.05, 0.1) is 0 Å². The Labute approximate surface area is 129 Å². The van der Waals surface area contributed by atoms with Crippen LogP contribution in [0, 0.1) is 0 Å². The van der Waals surface area contributed by atoms with Crippen LogP contribution in [0.1, 0.15) is 22.3 Å². The van der Waals surface area contributed by atoms with E-state index in [1.807, 2.05) is 18.3 Å². The third kappa shape index (κ3) is 5.53. The van der Waals surface area contributed by atoms with Gasteiger partial charge in [0.2, 0.25) is 0 Å². The first kappa shape index (κ1) is 15.5. The number of hydrogen-bond donors (Lipinski definition) is 2. The molecule has 2 rings (SSSR count). The molecule has 4 nitrogen and oxygen atoms in total. The summed E-state index contributed by atoms with van der Waals surface area (Å²) >= 11 is 5.85. The average Bonchev–Trinajstić information content (AvgIpc) is 2.51. The van der Waals surface area contributed by atoms with Crippen molar-refractivity contribution in [3.63, 3.8) is 0 Å². The van der Waals surface area contributed by atoms with Gasteiger partial charge in [-0.2, -0.15) is 0 Å². The number of benzene rings is 1. The van der Waals surface area contributed by atoms with E-state index in [1.54, 1.807) is 30.5 Å². The summed E-state index contributed by atoms with van der Waals surface area (Å²) in [6, 6.07) is 10.9. The zero-order valence-electron chi connectivity index (χ0n) is 11.7. The molecule has 0 saturated carbocycles. The number of hydrogen-bond acceptors (Lipinski definition) is 3. The molecular weight excluding hydrogens is 286 g/mol. The number of pyridine rings is 1. The van der Waals surface area contributed by atoms with Gasteiger partial charge in [-0.1, -0.05) is 23.7 Å². The van der Waals surface area contributed by atoms with Crippen molar-refractivity contribution in [1.82, 2.24) is 15.6 Å². The van der Waals surface area contributed by atoms with Gasteiger partial charge in [0.1, 0.15) is 0 Å². The van der Waals surface area contributed by atoms with Crippen LogP contribution < -0.4 is 10.6 Å². The second kappa shape index (κ2) is 8.39. The first-order valence-corrected chi connectivity index (χ1v) is 7.27. The third-order valence-corrected chi connectivity index (χ3v) is 3.19. The predicted molar refractivity (Wildman–Crippen MR) is 84.3 cm³/mol. The molecule has 1 heterocycles. The molecule has 1 aromatic heterocycles. The van der Waals surface area contributed by atoms with Crippen LogP contribution in [0.2, 0.25) is 5.02 Å². The molecule has 0 aliphatic carbocycles. The van der Waals surface area contributed by atoms with Gasteiger partial charge < -0.3 is 10.6 Å². The Morgan fingerprint density at radius 2 is 2.10 bits per heavy atom. The quantitative estimate of drug-likeness (QED) is 0.773. The van der Waals surface area contributed by atoms with Gasteiger partial charge in [0, 0.05) is 36.1 Å². The van der Waals surface area contributed by atoms with Gasteiger partial charge in [0.25, 0.3) is 5.91 Å². The monoisotopic (exact) mass is 303 g/mol. The van der Waals surface area contributed by atoms with Crippen molar-refractivity contribution in [1.29, 1.82) is 0 Å². The van der Waals surface area contributed by atoms with Crippen LogP contribution in [0.3, 0.4) is 0 Å². The molecule has 5 heteroatoms. The maximum atomic E-state index is 11.9. The number of halogens is 1. The summed E-state index contributed by atoms with van der Waals surface area (Å²) in [5.74, 6) is -0.0928. The molecule has 0 saturated heterocycles. The van der Waals surface area contributed by atoms with E-state index in [0.29, 0.717) is 17.1 Å². The minimum Gasteiger partial charge on any atom is -0.352 e. The summed E-state index contributed by atoms with van der Waals surface area (Å²) in [4.78, 5) is 15.9. The van der Waals surface area contributed by atoms with E-state index >= 15 is 0 Å². The molecule has 2 N–H and O–H groups in total. The largest absolute Gasteiger partial charge is 0.352 e. The highest BCUT2D eigenvalue weighted by molar-refractivity contribution is 6.30. The Balaban J connectivity index is 1.60. The number of nitrogens with zero attached hydrogens (tertiary/aromatic N) is 1. The zero-order chi connectivity index (χ0) is 14.9. The second-order valence-electron chi connectivity index (χ2n) is 4.66. The summed E-state index contributed by atoms with van der Waals surface area (Å²) < 4.78 is 0. The molecule has 1 amide bonds. The van der Waals surface area contributed by atoms with Crippen molar-refractivity contribution >= 4 is 17.5 Å². The number of nitrogens with one attached hydrogen (secondary N) is 2. The normalized spacial score (nSPS) is 10.3. The van der Waals surface area contributed by atoms with Gasteiger partial charge in [-0.3, -0.25) is 9.78 Å². The van der Waals surface area contributed by atoms with Gasteiger partial charge >= 0.3 is 0 Å². The van der Waals surface area contributed by atoms with Crippen molar-refractivity contribution in [3.8, 4) is 0 Å². The lowest BCUT2D eigenvalue weighted by Gasteiger charge is -2.07. The highest BCUT2D eigenvalue weighted by Gasteiger charge is 2.04. The summed E-state index contributed by atoms with van der Waals surface area (Å²) in [6.45, 7) is 2.26. The van der Waals surface area contributed by atoms with Crippen molar-refractivity contribution in [3.05, 3.63) is 64.9 Å². The number of aromatic nitrogens is 1. The standard InChI is InChI=1S/C16H18ClN3O/c17-15-6-1-5-14(10-15)16(21)20-9-3-8-19-12-13-4-2-7-18-11-13/h1-2,4-7,10-11,19H,3,8-9,12H2,(H,20,21). The molecule has 0 aliphatic rings. The van der Waals surface area contributed by atoms with Crippen molar-refractivity contribution < 1.29 is 4.79 Å². The van der Waals surface area contributed by atoms with Crippen LogP contribution in [-0.2, 0) is 6.54 Å². The average molecular weight is 304 g/mol. The minimum atomic E-state index is -0.0928. The molecular formula is C16H18ClN3O. The zero-order valence-corrected chi connectivity index (χ0v) is 12.4. The number of carbonyl (C=O) groups is 1. The van der Waals surface area contributed by atoms with Crippen LogP contribution in [0.4, 0.5) is 0 Å². The summed E-state index contributed by atoms with van der Waals surface area (Å²) in [6.07, 6.45) is 4.47. The maximum Gasteiger partial charge on any atom is 0.251 e. The van der Waals surface area contributed by atoms with E-state index in [4.69, 9.17) is 11.6 Å². The molecule has 2 aromatic rings. The van der Waals surface area contributed by atoms with Crippen LogP contribution in [-0.4, -0.2) is 24.0 Å². The lowest BCUT2D eigenvalue weighted by molar-refractivity contribution is 0.0953. The molecule has 110 valence electrons. The molecule has 0 atom stereocenters. The van der Waals surface area contributed by atoms with Crippen molar-refractivity contribution in [2.24, 2.45) is 0 Å². The Morgan fingerprint density at radius 1 is 1.19 bits per heavy atom. The van der Waals surface area contributed by atoms with E-state index in [1.165, 1.54) is 0 Å². The van der Waals surface area contributed by atoms with Gasteiger partial charge in [-0.05, 0) is 42.8 Å². The Bertz CT molecular complexity index is 575. The lowest BCUT2D eigenvalue weighted by Crippen LogP contribution is -2.27. The number of rotatable bonds is 7. The van der Waals surface area contributed by atoms with Crippen molar-refractivity contribution in [2.45, 2.75) is 13.0 Å². The maximum absolute atomic E-state index is 11.9. The Kier molecular flexibility index (Phi) is 6.19. The minimum absolute atomic E-state index is 0.0928. The van der Waals surface area contributed by atoms with E-state index in [0.717, 1.165) is 25.1 Å². The highest BCUT2D eigenvalue weighted by Crippen LogP contribution is 2.10. The van der Waals surface area contributed by atoms with Crippen molar-refractivity contribution in [2.75, 3.05) is 13.1 Å². The smallest absolute Gasteiger partial charge is 0.251 e. The Hall–Kier alpha value is -1.91. The fourth-order valence-electron chi connectivity index (χ4n) is 1.88. The number of carbonyl (C=O) groups excluding carboxylic acids is 1. The molecule has 21 heavy (non-hydrogen) atoms. The summed E-state index contributed by atoms with van der Waals surface area (Å²) in [5, 5.41) is 6.76. The lowest BCUT2D eigenvalue weighted by atomic mass is 10.2. The van der Waals surface area contributed by atoms with Crippen LogP contribution >= 0.6 is 11.6 Å². The molecule has 1 aromatic carbocycles. The number of amides is 1. The second-order valence-corrected chi connectivity index (χ2v) is 5.09. The van der Waals surface area contributed by atoms with Gasteiger partial charge in [-0.15, -0.1) is 0 Å². The van der Waals surface area contributed by atoms with Gasteiger partial charge in [-0.25, -0.2) is 0 Å². The van der Waals surface area contributed by atoms with Gasteiger partial charge in [0.15, 0.2) is 0 Å². The van der Waals surface area contributed by atoms with E-state index in [2.05, 4.69) is 15.6 Å².